The van der Waals surface area contributed by atoms with Gasteiger partial charge in [0.05, 0.1) is 0 Å². The van der Waals surface area contributed by atoms with Crippen molar-refractivity contribution in [3.63, 3.8) is 0 Å². The molecule has 0 N–H and O–H groups in total. The molecule has 84 valence electrons. The molecule has 2 aromatic rings. The first-order valence-corrected chi connectivity index (χ1v) is 5.29. The van der Waals surface area contributed by atoms with Crippen LogP contribution in [0, 0.1) is 11.7 Å². The van der Waals surface area contributed by atoms with Crippen molar-refractivity contribution < 1.29 is 13.6 Å². The average molecular weight is 220 g/mol. The van der Waals surface area contributed by atoms with Gasteiger partial charge in [-0.15, -0.1) is 0 Å². The van der Waals surface area contributed by atoms with E-state index in [1.165, 1.54) is 6.07 Å². The van der Waals surface area contributed by atoms with E-state index < -0.39 is 5.82 Å². The molecule has 0 atom stereocenters. The van der Waals surface area contributed by atoms with Crippen molar-refractivity contribution in [3.05, 3.63) is 35.8 Å². The van der Waals surface area contributed by atoms with Crippen LogP contribution in [0.3, 0.4) is 0 Å². The molecule has 0 saturated carbocycles. The van der Waals surface area contributed by atoms with E-state index in [2.05, 4.69) is 0 Å². The van der Waals surface area contributed by atoms with Crippen LogP contribution in [0.5, 0.6) is 0 Å². The van der Waals surface area contributed by atoms with Crippen LogP contribution in [0.2, 0.25) is 0 Å². The zero-order chi connectivity index (χ0) is 11.7. The summed E-state index contributed by atoms with van der Waals surface area (Å²) >= 11 is 0. The molecule has 0 saturated heterocycles. The standard InChI is InChI=1S/C13H13FO2/c1-8(2)6-11(15)12-7-9-4-3-5-10(14)13(9)16-12/h3-5,7-8H,6H2,1-2H3. The molecule has 1 aromatic heterocycles. The zero-order valence-electron chi connectivity index (χ0n) is 9.29. The average Bonchev–Trinajstić information content (AvgIpc) is 2.61. The van der Waals surface area contributed by atoms with Gasteiger partial charge in [0.25, 0.3) is 0 Å². The van der Waals surface area contributed by atoms with Crippen molar-refractivity contribution in [1.29, 1.82) is 0 Å². The Morgan fingerprint density at radius 1 is 1.44 bits per heavy atom. The molecule has 0 aliphatic heterocycles. The Hall–Kier alpha value is -1.64. The van der Waals surface area contributed by atoms with Gasteiger partial charge in [0.1, 0.15) is 0 Å². The maximum absolute atomic E-state index is 13.3. The minimum absolute atomic E-state index is 0.0781. The highest BCUT2D eigenvalue weighted by atomic mass is 19.1. The number of carbonyl (C=O) groups excluding carboxylic acids is 1. The summed E-state index contributed by atoms with van der Waals surface area (Å²) in [5.41, 5.74) is 0.162. The second-order valence-corrected chi connectivity index (χ2v) is 4.29. The fourth-order valence-electron chi connectivity index (χ4n) is 1.64. The Morgan fingerprint density at radius 2 is 2.19 bits per heavy atom. The Labute approximate surface area is 93.1 Å². The molecular formula is C13H13FO2. The predicted molar refractivity (Wildman–Crippen MR) is 60.0 cm³/mol. The molecule has 1 aromatic carbocycles. The van der Waals surface area contributed by atoms with E-state index in [0.29, 0.717) is 11.8 Å². The largest absolute Gasteiger partial charge is 0.450 e. The highest BCUT2D eigenvalue weighted by molar-refractivity contribution is 5.97. The van der Waals surface area contributed by atoms with Crippen LogP contribution < -0.4 is 0 Å². The van der Waals surface area contributed by atoms with Crippen molar-refractivity contribution in [2.45, 2.75) is 20.3 Å². The number of para-hydroxylation sites is 1. The summed E-state index contributed by atoms with van der Waals surface area (Å²) in [4.78, 5) is 11.7. The van der Waals surface area contributed by atoms with Crippen LogP contribution in [0.4, 0.5) is 4.39 Å². The normalized spacial score (nSPS) is 11.2. The number of rotatable bonds is 3. The lowest BCUT2D eigenvalue weighted by molar-refractivity contribution is 0.0942. The summed E-state index contributed by atoms with van der Waals surface area (Å²) in [6.45, 7) is 3.92. The van der Waals surface area contributed by atoms with Gasteiger partial charge < -0.3 is 4.42 Å². The molecule has 0 unspecified atom stereocenters. The highest BCUT2D eigenvalue weighted by Gasteiger charge is 2.15. The molecule has 1 heterocycles. The SMILES string of the molecule is CC(C)CC(=O)c1cc2cccc(F)c2o1. The van der Waals surface area contributed by atoms with Crippen LogP contribution in [-0.4, -0.2) is 5.78 Å². The number of hydrogen-bond donors (Lipinski definition) is 0. The van der Waals surface area contributed by atoms with Crippen LogP contribution in [0.25, 0.3) is 11.0 Å². The second kappa shape index (κ2) is 4.08. The molecule has 0 aliphatic rings. The quantitative estimate of drug-likeness (QED) is 0.736. The highest BCUT2D eigenvalue weighted by Crippen LogP contribution is 2.23. The number of fused-ring (bicyclic) bond motifs is 1. The fourth-order valence-corrected chi connectivity index (χ4v) is 1.64. The summed E-state index contributed by atoms with van der Waals surface area (Å²) in [6, 6.07) is 6.25. The van der Waals surface area contributed by atoms with E-state index in [0.717, 1.165) is 0 Å². The van der Waals surface area contributed by atoms with Crippen LogP contribution in [0.15, 0.2) is 28.7 Å². The lowest BCUT2D eigenvalue weighted by Crippen LogP contribution is -2.01. The monoisotopic (exact) mass is 220 g/mol. The van der Waals surface area contributed by atoms with E-state index in [1.54, 1.807) is 18.2 Å². The van der Waals surface area contributed by atoms with E-state index in [-0.39, 0.29) is 23.0 Å². The Morgan fingerprint density at radius 3 is 2.81 bits per heavy atom. The number of Topliss-reactive ketones (excluding diaryl/α,β-unsaturated/α-hetero) is 1. The maximum atomic E-state index is 13.3. The molecule has 0 fully saturated rings. The molecule has 0 radical (unpaired) electrons. The molecule has 2 nitrogen and oxygen atoms in total. The lowest BCUT2D eigenvalue weighted by Gasteiger charge is -1.99. The topological polar surface area (TPSA) is 30.2 Å². The van der Waals surface area contributed by atoms with Crippen LogP contribution in [-0.2, 0) is 0 Å². The molecule has 0 bridgehead atoms. The van der Waals surface area contributed by atoms with Crippen molar-refractivity contribution in [2.24, 2.45) is 5.92 Å². The third-order valence-electron chi connectivity index (χ3n) is 2.36. The van der Waals surface area contributed by atoms with Gasteiger partial charge in [0.2, 0.25) is 0 Å². The maximum Gasteiger partial charge on any atom is 0.198 e. The Kier molecular flexibility index (Phi) is 2.77. The zero-order valence-corrected chi connectivity index (χ0v) is 9.29. The number of carbonyl (C=O) groups is 1. The summed E-state index contributed by atoms with van der Waals surface area (Å²) < 4.78 is 18.6. The van der Waals surface area contributed by atoms with Gasteiger partial charge in [-0.3, -0.25) is 4.79 Å². The minimum atomic E-state index is -0.430. The third kappa shape index (κ3) is 1.98. The van der Waals surface area contributed by atoms with Crippen molar-refractivity contribution in [1.82, 2.24) is 0 Å². The van der Waals surface area contributed by atoms with E-state index in [4.69, 9.17) is 4.42 Å². The van der Waals surface area contributed by atoms with Crippen LogP contribution in [0.1, 0.15) is 30.8 Å². The minimum Gasteiger partial charge on any atom is -0.450 e. The van der Waals surface area contributed by atoms with Crippen molar-refractivity contribution in [3.8, 4) is 0 Å². The lowest BCUT2D eigenvalue weighted by atomic mass is 10.1. The first-order chi connectivity index (χ1) is 7.58. The smallest absolute Gasteiger partial charge is 0.198 e. The number of furan rings is 1. The first kappa shape index (κ1) is 10.9. The van der Waals surface area contributed by atoms with Crippen LogP contribution >= 0.6 is 0 Å². The molecule has 16 heavy (non-hydrogen) atoms. The van der Waals surface area contributed by atoms with E-state index in [9.17, 15) is 9.18 Å². The van der Waals surface area contributed by atoms with Gasteiger partial charge in [0.15, 0.2) is 22.9 Å². The first-order valence-electron chi connectivity index (χ1n) is 5.29. The van der Waals surface area contributed by atoms with Gasteiger partial charge in [-0.05, 0) is 18.1 Å². The Bertz CT molecular complexity index is 526. The van der Waals surface area contributed by atoms with Gasteiger partial charge in [-0.1, -0.05) is 26.0 Å². The van der Waals surface area contributed by atoms with Gasteiger partial charge in [0, 0.05) is 11.8 Å². The fraction of sp³-hybridized carbons (Fsp3) is 0.308. The second-order valence-electron chi connectivity index (χ2n) is 4.29. The van der Waals surface area contributed by atoms with Crippen molar-refractivity contribution >= 4 is 16.8 Å². The van der Waals surface area contributed by atoms with Gasteiger partial charge >= 0.3 is 0 Å². The molecule has 2 rings (SSSR count). The number of ketones is 1. The summed E-state index contributed by atoms with van der Waals surface area (Å²) in [5, 5.41) is 0.632. The van der Waals surface area contributed by atoms with E-state index >= 15 is 0 Å². The summed E-state index contributed by atoms with van der Waals surface area (Å²) in [6.07, 6.45) is 0.418. The van der Waals surface area contributed by atoms with Crippen molar-refractivity contribution in [2.75, 3.05) is 0 Å². The van der Waals surface area contributed by atoms with Gasteiger partial charge in [-0.2, -0.15) is 0 Å². The molecule has 3 heteroatoms. The third-order valence-corrected chi connectivity index (χ3v) is 2.36. The molecule has 0 amide bonds. The molecule has 0 aliphatic carbocycles. The number of halogens is 1. The summed E-state index contributed by atoms with van der Waals surface area (Å²) in [7, 11) is 0. The number of benzene rings is 1. The molecule has 0 spiro atoms. The number of hydrogen-bond acceptors (Lipinski definition) is 2. The summed E-state index contributed by atoms with van der Waals surface area (Å²) in [5.74, 6) is 0.00561. The Balaban J connectivity index is 2.40. The van der Waals surface area contributed by atoms with Gasteiger partial charge in [-0.25, -0.2) is 4.39 Å². The molecular weight excluding hydrogens is 207 g/mol. The predicted octanol–water partition coefficient (Wildman–Crippen LogP) is 3.80. The van der Waals surface area contributed by atoms with E-state index in [1.807, 2.05) is 13.8 Å².